The quantitative estimate of drug-likeness (QED) is 0.719. The van der Waals surface area contributed by atoms with Gasteiger partial charge in [0.25, 0.3) is 0 Å². The molecule has 2 aliphatic rings. The molecular weight excluding hydrogens is 210 g/mol. The smallest absolute Gasteiger partial charge is 0.0677 e. The van der Waals surface area contributed by atoms with Gasteiger partial charge in [0.15, 0.2) is 0 Å². The van der Waals surface area contributed by atoms with E-state index in [0.717, 1.165) is 19.3 Å². The minimum Gasteiger partial charge on any atom is -0.390 e. The molecule has 2 bridgehead atoms. The van der Waals surface area contributed by atoms with Gasteiger partial charge in [-0.2, -0.15) is 0 Å². The maximum atomic E-state index is 10.7. The molecule has 0 aromatic rings. The summed E-state index contributed by atoms with van der Waals surface area (Å²) in [5.41, 5.74) is -0.329. The second-order valence-corrected chi connectivity index (χ2v) is 6.35. The lowest BCUT2D eigenvalue weighted by molar-refractivity contribution is -0.0514. The molecule has 2 saturated heterocycles. The standard InChI is InChI=1S/C15H29NO/c1-3-4-5-6-7-10-15(17)11-13-8-9-14(12-15)16(13)2/h13-14,17H,3-12H2,1-2H3. The normalized spacial score (nSPS) is 37.6. The molecule has 2 heteroatoms. The van der Waals surface area contributed by atoms with Crippen molar-refractivity contribution in [2.24, 2.45) is 0 Å². The highest BCUT2D eigenvalue weighted by Gasteiger charge is 2.45. The number of nitrogens with zero attached hydrogens (tertiary/aromatic N) is 1. The topological polar surface area (TPSA) is 23.5 Å². The van der Waals surface area contributed by atoms with Crippen LogP contribution in [-0.4, -0.2) is 34.7 Å². The van der Waals surface area contributed by atoms with Crippen LogP contribution in [0.1, 0.15) is 71.1 Å². The van der Waals surface area contributed by atoms with E-state index in [9.17, 15) is 5.11 Å². The minimum atomic E-state index is -0.329. The molecule has 2 unspecified atom stereocenters. The Morgan fingerprint density at radius 1 is 1.06 bits per heavy atom. The summed E-state index contributed by atoms with van der Waals surface area (Å²) in [7, 11) is 2.24. The van der Waals surface area contributed by atoms with Gasteiger partial charge >= 0.3 is 0 Å². The first-order valence-electron chi connectivity index (χ1n) is 7.59. The fraction of sp³-hybridized carbons (Fsp3) is 1.00. The van der Waals surface area contributed by atoms with Gasteiger partial charge in [0.2, 0.25) is 0 Å². The van der Waals surface area contributed by atoms with Crippen LogP contribution in [0.25, 0.3) is 0 Å². The second kappa shape index (κ2) is 5.71. The second-order valence-electron chi connectivity index (χ2n) is 6.35. The number of aliphatic hydroxyl groups is 1. The summed E-state index contributed by atoms with van der Waals surface area (Å²) in [5, 5.41) is 10.7. The van der Waals surface area contributed by atoms with Gasteiger partial charge in [0.05, 0.1) is 5.60 Å². The average Bonchev–Trinajstić information content (AvgIpc) is 2.53. The Kier molecular flexibility index (Phi) is 4.48. The molecule has 2 atom stereocenters. The van der Waals surface area contributed by atoms with E-state index in [-0.39, 0.29) is 5.60 Å². The molecule has 100 valence electrons. The fourth-order valence-electron chi connectivity index (χ4n) is 3.80. The summed E-state index contributed by atoms with van der Waals surface area (Å²) in [5.74, 6) is 0. The molecular formula is C15H29NO. The molecule has 0 amide bonds. The van der Waals surface area contributed by atoms with Gasteiger partial charge in [0.1, 0.15) is 0 Å². The third-order valence-corrected chi connectivity index (χ3v) is 4.96. The van der Waals surface area contributed by atoms with Gasteiger partial charge in [-0.05, 0) is 39.2 Å². The molecule has 17 heavy (non-hydrogen) atoms. The zero-order chi connectivity index (χ0) is 12.3. The van der Waals surface area contributed by atoms with Crippen molar-refractivity contribution in [3.63, 3.8) is 0 Å². The van der Waals surface area contributed by atoms with Crippen LogP contribution in [-0.2, 0) is 0 Å². The zero-order valence-corrected chi connectivity index (χ0v) is 11.6. The highest BCUT2D eigenvalue weighted by Crippen LogP contribution is 2.41. The molecule has 0 radical (unpaired) electrons. The summed E-state index contributed by atoms with van der Waals surface area (Å²) in [6.07, 6.45) is 12.2. The van der Waals surface area contributed by atoms with Crippen molar-refractivity contribution in [2.45, 2.75) is 88.8 Å². The molecule has 2 rings (SSSR count). The number of fused-ring (bicyclic) bond motifs is 2. The average molecular weight is 239 g/mol. The molecule has 0 aromatic carbocycles. The minimum absolute atomic E-state index is 0.329. The van der Waals surface area contributed by atoms with Crippen LogP contribution in [0.15, 0.2) is 0 Å². The van der Waals surface area contributed by atoms with Gasteiger partial charge < -0.3 is 10.0 Å². The first-order valence-corrected chi connectivity index (χ1v) is 7.59. The summed E-state index contributed by atoms with van der Waals surface area (Å²) in [6, 6.07) is 1.32. The van der Waals surface area contributed by atoms with Crippen LogP contribution in [0.2, 0.25) is 0 Å². The van der Waals surface area contributed by atoms with E-state index in [1.54, 1.807) is 0 Å². The van der Waals surface area contributed by atoms with Crippen molar-refractivity contribution >= 4 is 0 Å². The molecule has 2 heterocycles. The van der Waals surface area contributed by atoms with Gasteiger partial charge in [-0.25, -0.2) is 0 Å². The molecule has 0 aliphatic carbocycles. The Labute approximate surface area is 106 Å². The fourth-order valence-corrected chi connectivity index (χ4v) is 3.80. The van der Waals surface area contributed by atoms with Crippen molar-refractivity contribution in [3.8, 4) is 0 Å². The van der Waals surface area contributed by atoms with E-state index >= 15 is 0 Å². The van der Waals surface area contributed by atoms with Gasteiger partial charge in [-0.15, -0.1) is 0 Å². The summed E-state index contributed by atoms with van der Waals surface area (Å²) < 4.78 is 0. The van der Waals surface area contributed by atoms with Crippen LogP contribution in [0, 0.1) is 0 Å². The Morgan fingerprint density at radius 3 is 2.24 bits per heavy atom. The van der Waals surface area contributed by atoms with Crippen LogP contribution in [0.5, 0.6) is 0 Å². The molecule has 2 fully saturated rings. The van der Waals surface area contributed by atoms with Crippen LogP contribution in [0.3, 0.4) is 0 Å². The van der Waals surface area contributed by atoms with E-state index < -0.39 is 0 Å². The van der Waals surface area contributed by atoms with Crippen LogP contribution in [0.4, 0.5) is 0 Å². The third kappa shape index (κ3) is 3.23. The van der Waals surface area contributed by atoms with Crippen molar-refractivity contribution < 1.29 is 5.11 Å². The van der Waals surface area contributed by atoms with E-state index in [2.05, 4.69) is 18.9 Å². The van der Waals surface area contributed by atoms with Crippen LogP contribution >= 0.6 is 0 Å². The third-order valence-electron chi connectivity index (χ3n) is 4.96. The predicted molar refractivity (Wildman–Crippen MR) is 72.1 cm³/mol. The van der Waals surface area contributed by atoms with Gasteiger partial charge in [-0.1, -0.05) is 39.0 Å². The molecule has 2 aliphatic heterocycles. The lowest BCUT2D eigenvalue weighted by Gasteiger charge is -2.42. The molecule has 1 N–H and O–H groups in total. The summed E-state index contributed by atoms with van der Waals surface area (Å²) >= 11 is 0. The monoisotopic (exact) mass is 239 g/mol. The SMILES string of the molecule is CCCCCCCC1(O)CC2CCC(C1)N2C. The maximum Gasteiger partial charge on any atom is 0.0677 e. The van der Waals surface area contributed by atoms with Crippen molar-refractivity contribution in [3.05, 3.63) is 0 Å². The zero-order valence-electron chi connectivity index (χ0n) is 11.6. The summed E-state index contributed by atoms with van der Waals surface area (Å²) in [4.78, 5) is 2.51. The Balaban J connectivity index is 1.73. The number of hydrogen-bond acceptors (Lipinski definition) is 2. The highest BCUT2D eigenvalue weighted by molar-refractivity contribution is 5.00. The summed E-state index contributed by atoms with van der Waals surface area (Å²) in [6.45, 7) is 2.25. The number of unbranched alkanes of at least 4 members (excludes halogenated alkanes) is 4. The number of piperidine rings is 1. The molecule has 0 saturated carbocycles. The van der Waals surface area contributed by atoms with E-state index in [1.807, 2.05) is 0 Å². The van der Waals surface area contributed by atoms with Crippen molar-refractivity contribution in [1.82, 2.24) is 4.90 Å². The van der Waals surface area contributed by atoms with Crippen molar-refractivity contribution in [1.29, 1.82) is 0 Å². The van der Waals surface area contributed by atoms with Crippen LogP contribution < -0.4 is 0 Å². The van der Waals surface area contributed by atoms with Gasteiger partial charge in [-0.3, -0.25) is 0 Å². The van der Waals surface area contributed by atoms with Gasteiger partial charge in [0, 0.05) is 12.1 Å². The number of hydrogen-bond donors (Lipinski definition) is 1. The Hall–Kier alpha value is -0.0800. The Morgan fingerprint density at radius 2 is 1.65 bits per heavy atom. The predicted octanol–water partition coefficient (Wildman–Crippen LogP) is 3.33. The first kappa shape index (κ1) is 13.4. The van der Waals surface area contributed by atoms with E-state index in [1.165, 1.54) is 44.9 Å². The highest BCUT2D eigenvalue weighted by atomic mass is 16.3. The maximum absolute atomic E-state index is 10.7. The lowest BCUT2D eigenvalue weighted by Crippen LogP contribution is -2.49. The first-order chi connectivity index (χ1) is 8.14. The number of rotatable bonds is 6. The largest absolute Gasteiger partial charge is 0.390 e. The Bertz CT molecular complexity index is 227. The molecule has 0 spiro atoms. The lowest BCUT2D eigenvalue weighted by atomic mass is 9.82. The van der Waals surface area contributed by atoms with Crippen molar-refractivity contribution in [2.75, 3.05) is 7.05 Å². The molecule has 2 nitrogen and oxygen atoms in total. The van der Waals surface area contributed by atoms with E-state index in [0.29, 0.717) is 12.1 Å². The molecule has 0 aromatic heterocycles. The van der Waals surface area contributed by atoms with E-state index in [4.69, 9.17) is 0 Å².